The van der Waals surface area contributed by atoms with Crippen molar-refractivity contribution < 1.29 is 14.3 Å². The maximum atomic E-state index is 12.1. The normalized spacial score (nSPS) is 17.8. The van der Waals surface area contributed by atoms with E-state index in [2.05, 4.69) is 15.6 Å². The van der Waals surface area contributed by atoms with Crippen molar-refractivity contribution in [3.05, 3.63) is 18.2 Å². The molecule has 2 N–H and O–H groups in total. The molecular formula is C14H18ClN3O3S. The topological polar surface area (TPSA) is 72.5 Å². The Hall–Kier alpha value is -1.41. The van der Waals surface area contributed by atoms with Gasteiger partial charge in [-0.3, -0.25) is 10.1 Å². The summed E-state index contributed by atoms with van der Waals surface area (Å²) in [7, 11) is 0. The molecule has 1 saturated heterocycles. The first-order valence-corrected chi connectivity index (χ1v) is 7.74. The number of aromatic nitrogens is 1. The summed E-state index contributed by atoms with van der Waals surface area (Å²) < 4.78 is 11.9. The van der Waals surface area contributed by atoms with Gasteiger partial charge in [0.2, 0.25) is 0 Å². The lowest BCUT2D eigenvalue weighted by molar-refractivity contribution is -0.128. The molecule has 0 bridgehead atoms. The highest BCUT2D eigenvalue weighted by atomic mass is 35.5. The van der Waals surface area contributed by atoms with Gasteiger partial charge in [-0.05, 0) is 25.1 Å². The second-order valence-corrected chi connectivity index (χ2v) is 5.67. The number of nitrogens with one attached hydrogen (secondary N) is 2. The largest absolute Gasteiger partial charge is 0.494 e. The molecule has 0 aliphatic carbocycles. The van der Waals surface area contributed by atoms with Crippen molar-refractivity contribution in [1.82, 2.24) is 10.3 Å². The number of ether oxygens (including phenoxy) is 2. The van der Waals surface area contributed by atoms with Gasteiger partial charge in [0.25, 0.3) is 5.91 Å². The van der Waals surface area contributed by atoms with Gasteiger partial charge >= 0.3 is 0 Å². The van der Waals surface area contributed by atoms with Crippen molar-refractivity contribution in [2.45, 2.75) is 13.0 Å². The lowest BCUT2D eigenvalue weighted by Crippen LogP contribution is -2.45. The highest BCUT2D eigenvalue weighted by molar-refractivity contribution is 7.22. The van der Waals surface area contributed by atoms with Gasteiger partial charge in [-0.1, -0.05) is 11.3 Å². The maximum absolute atomic E-state index is 12.1. The van der Waals surface area contributed by atoms with Crippen LogP contribution < -0.4 is 15.4 Å². The number of benzene rings is 1. The van der Waals surface area contributed by atoms with Crippen LogP contribution in [0.4, 0.5) is 5.13 Å². The summed E-state index contributed by atoms with van der Waals surface area (Å²) in [6, 6.07) is 5.71. The second-order valence-electron chi connectivity index (χ2n) is 4.63. The van der Waals surface area contributed by atoms with E-state index in [-0.39, 0.29) is 18.3 Å². The zero-order valence-corrected chi connectivity index (χ0v) is 13.8. The smallest absolute Gasteiger partial charge is 0.256 e. The highest BCUT2D eigenvalue weighted by Crippen LogP contribution is 2.29. The number of nitrogens with zero attached hydrogens (tertiary/aromatic N) is 1. The molecule has 8 heteroatoms. The van der Waals surface area contributed by atoms with Crippen LogP contribution in [0, 0.1) is 0 Å². The standard InChI is InChI=1S/C14H17N3O3S.ClH/c1-2-19-9-3-4-10-12(7-9)21-14(16-10)17-13(18)11-8-15-5-6-20-11;/h3-4,7,11,15H,2,5-6,8H2,1H3,(H,16,17,18);1H. The first-order valence-electron chi connectivity index (χ1n) is 6.93. The fourth-order valence-electron chi connectivity index (χ4n) is 2.13. The second kappa shape index (κ2) is 7.73. The van der Waals surface area contributed by atoms with E-state index in [1.807, 2.05) is 25.1 Å². The number of hydrogen-bond acceptors (Lipinski definition) is 6. The molecule has 6 nitrogen and oxygen atoms in total. The number of amides is 1. The zero-order chi connectivity index (χ0) is 14.7. The maximum Gasteiger partial charge on any atom is 0.256 e. The minimum atomic E-state index is -0.454. The van der Waals surface area contributed by atoms with E-state index in [9.17, 15) is 4.79 Å². The number of thiazole rings is 1. The van der Waals surface area contributed by atoms with Crippen LogP contribution >= 0.6 is 23.7 Å². The summed E-state index contributed by atoms with van der Waals surface area (Å²) in [6.45, 7) is 4.44. The van der Waals surface area contributed by atoms with Crippen molar-refractivity contribution in [2.75, 3.05) is 31.6 Å². The van der Waals surface area contributed by atoms with Gasteiger partial charge in [0.15, 0.2) is 5.13 Å². The number of carbonyl (C=O) groups excluding carboxylic acids is 1. The molecule has 0 spiro atoms. The molecule has 1 amide bonds. The van der Waals surface area contributed by atoms with Crippen molar-refractivity contribution in [2.24, 2.45) is 0 Å². The van der Waals surface area contributed by atoms with Crippen LogP contribution in [0.3, 0.4) is 0 Å². The van der Waals surface area contributed by atoms with Crippen molar-refractivity contribution in [3.63, 3.8) is 0 Å². The molecule has 1 aromatic heterocycles. The minimum Gasteiger partial charge on any atom is -0.494 e. The molecule has 22 heavy (non-hydrogen) atoms. The molecule has 3 rings (SSSR count). The Morgan fingerprint density at radius 3 is 3.18 bits per heavy atom. The van der Waals surface area contributed by atoms with Gasteiger partial charge in [-0.2, -0.15) is 0 Å². The SMILES string of the molecule is CCOc1ccc2nc(NC(=O)C3CNCCO3)sc2c1.Cl. The molecule has 120 valence electrons. The van der Waals surface area contributed by atoms with Crippen LogP contribution in [0.25, 0.3) is 10.2 Å². The Bertz CT molecular complexity index is 643. The number of carbonyl (C=O) groups is 1. The van der Waals surface area contributed by atoms with Crippen LogP contribution in [0.2, 0.25) is 0 Å². The Labute approximate surface area is 138 Å². The molecular weight excluding hydrogens is 326 g/mol. The third-order valence-corrected chi connectivity index (χ3v) is 4.05. The molecule has 1 aliphatic heterocycles. The quantitative estimate of drug-likeness (QED) is 0.889. The molecule has 1 aliphatic rings. The van der Waals surface area contributed by atoms with E-state index in [1.165, 1.54) is 11.3 Å². The van der Waals surface area contributed by atoms with E-state index < -0.39 is 6.10 Å². The fourth-order valence-corrected chi connectivity index (χ4v) is 3.03. The van der Waals surface area contributed by atoms with Gasteiger partial charge in [0.05, 0.1) is 23.4 Å². The summed E-state index contributed by atoms with van der Waals surface area (Å²) in [5.74, 6) is 0.651. The Morgan fingerprint density at radius 1 is 1.59 bits per heavy atom. The molecule has 2 heterocycles. The number of anilines is 1. The molecule has 1 unspecified atom stereocenters. The average Bonchev–Trinajstić information content (AvgIpc) is 2.90. The van der Waals surface area contributed by atoms with Crippen LogP contribution in [-0.4, -0.2) is 43.3 Å². The number of morpholine rings is 1. The summed E-state index contributed by atoms with van der Waals surface area (Å²) in [5, 5.41) is 6.53. The Balaban J connectivity index is 0.00000176. The fraction of sp³-hybridized carbons (Fsp3) is 0.429. The van der Waals surface area contributed by atoms with Crippen LogP contribution in [0.5, 0.6) is 5.75 Å². The van der Waals surface area contributed by atoms with Crippen LogP contribution in [0.15, 0.2) is 18.2 Å². The number of halogens is 1. The molecule has 1 aromatic carbocycles. The first-order chi connectivity index (χ1) is 10.3. The van der Waals surface area contributed by atoms with Gasteiger partial charge in [-0.25, -0.2) is 4.98 Å². The molecule has 0 radical (unpaired) electrons. The predicted octanol–water partition coefficient (Wildman–Crippen LogP) is 2.04. The van der Waals surface area contributed by atoms with Crippen molar-refractivity contribution in [3.8, 4) is 5.75 Å². The van der Waals surface area contributed by atoms with Crippen LogP contribution in [0.1, 0.15) is 6.92 Å². The third kappa shape index (κ3) is 3.86. The summed E-state index contributed by atoms with van der Waals surface area (Å²) >= 11 is 1.43. The number of rotatable bonds is 4. The van der Waals surface area contributed by atoms with Crippen LogP contribution in [-0.2, 0) is 9.53 Å². The highest BCUT2D eigenvalue weighted by Gasteiger charge is 2.22. The molecule has 2 aromatic rings. The van der Waals surface area contributed by atoms with E-state index in [0.29, 0.717) is 24.9 Å². The minimum absolute atomic E-state index is 0. The lowest BCUT2D eigenvalue weighted by atomic mass is 10.3. The number of fused-ring (bicyclic) bond motifs is 1. The zero-order valence-electron chi connectivity index (χ0n) is 12.1. The molecule has 0 saturated carbocycles. The van der Waals surface area contributed by atoms with E-state index in [4.69, 9.17) is 9.47 Å². The van der Waals surface area contributed by atoms with Gasteiger partial charge in [-0.15, -0.1) is 12.4 Å². The van der Waals surface area contributed by atoms with Gasteiger partial charge in [0, 0.05) is 13.1 Å². The Kier molecular flexibility index (Phi) is 5.96. The third-order valence-electron chi connectivity index (χ3n) is 3.12. The molecule has 1 fully saturated rings. The van der Waals surface area contributed by atoms with Crippen molar-refractivity contribution >= 4 is 45.0 Å². The van der Waals surface area contributed by atoms with E-state index in [0.717, 1.165) is 22.5 Å². The Morgan fingerprint density at radius 2 is 2.45 bits per heavy atom. The van der Waals surface area contributed by atoms with Gasteiger partial charge < -0.3 is 14.8 Å². The lowest BCUT2D eigenvalue weighted by Gasteiger charge is -2.22. The first kappa shape index (κ1) is 17.0. The predicted molar refractivity (Wildman–Crippen MR) is 89.3 cm³/mol. The van der Waals surface area contributed by atoms with E-state index in [1.54, 1.807) is 0 Å². The molecule has 1 atom stereocenters. The van der Waals surface area contributed by atoms with Crippen molar-refractivity contribution in [1.29, 1.82) is 0 Å². The summed E-state index contributed by atoms with van der Waals surface area (Å²) in [4.78, 5) is 16.5. The monoisotopic (exact) mass is 343 g/mol. The summed E-state index contributed by atoms with van der Waals surface area (Å²) in [6.07, 6.45) is -0.454. The van der Waals surface area contributed by atoms with E-state index >= 15 is 0 Å². The summed E-state index contributed by atoms with van der Waals surface area (Å²) in [5.41, 5.74) is 0.849. The number of hydrogen-bond donors (Lipinski definition) is 2. The average molecular weight is 344 g/mol. The van der Waals surface area contributed by atoms with Gasteiger partial charge in [0.1, 0.15) is 11.9 Å².